The largest absolute Gasteiger partial charge is 0.481 e. The number of carbonyl (C=O) groups excluding carboxylic acids is 2. The van der Waals surface area contributed by atoms with Crippen molar-refractivity contribution in [3.63, 3.8) is 0 Å². The highest BCUT2D eigenvalue weighted by atomic mass is 16.6. The summed E-state index contributed by atoms with van der Waals surface area (Å²) in [4.78, 5) is 36.2. The molecule has 0 aromatic heterocycles. The lowest BCUT2D eigenvalue weighted by atomic mass is 9.82. The molecular weight excluding hydrogens is 424 g/mol. The number of esters is 2. The SMILES string of the molecule is CCCCCCCC/C=C\CC/C=C/[C@H]1C[C@H]([C@](O)(CC(=O)O)C(=O)OC(C)(C)C)C(=O)O1. The molecule has 7 nitrogen and oxygen atoms in total. The van der Waals surface area contributed by atoms with Crippen LogP contribution in [0.15, 0.2) is 24.3 Å². The number of carbonyl (C=O) groups is 3. The fourth-order valence-electron chi connectivity index (χ4n) is 3.77. The molecule has 0 aromatic rings. The molecule has 1 rings (SSSR count). The summed E-state index contributed by atoms with van der Waals surface area (Å²) < 4.78 is 10.5. The maximum Gasteiger partial charge on any atom is 0.340 e. The topological polar surface area (TPSA) is 110 Å². The molecule has 0 amide bonds. The number of ether oxygens (including phenoxy) is 2. The van der Waals surface area contributed by atoms with Gasteiger partial charge in [-0.05, 0) is 52.5 Å². The first-order chi connectivity index (χ1) is 15.5. The lowest BCUT2D eigenvalue weighted by Gasteiger charge is -2.31. The van der Waals surface area contributed by atoms with E-state index in [2.05, 4.69) is 19.1 Å². The molecule has 7 heteroatoms. The van der Waals surface area contributed by atoms with Crippen molar-refractivity contribution in [3.8, 4) is 0 Å². The van der Waals surface area contributed by atoms with Crippen LogP contribution in [-0.2, 0) is 23.9 Å². The highest BCUT2D eigenvalue weighted by Gasteiger charge is 2.55. The van der Waals surface area contributed by atoms with Crippen LogP contribution in [0.1, 0.15) is 98.3 Å². The summed E-state index contributed by atoms with van der Waals surface area (Å²) in [6.45, 7) is 7.03. The number of carboxylic acid groups (broad SMARTS) is 1. The van der Waals surface area contributed by atoms with E-state index >= 15 is 0 Å². The van der Waals surface area contributed by atoms with E-state index < -0.39 is 47.6 Å². The highest BCUT2D eigenvalue weighted by Crippen LogP contribution is 2.36. The highest BCUT2D eigenvalue weighted by molar-refractivity contribution is 5.92. The Hall–Kier alpha value is -2.15. The van der Waals surface area contributed by atoms with Crippen molar-refractivity contribution < 1.29 is 34.1 Å². The smallest absolute Gasteiger partial charge is 0.340 e. The quantitative estimate of drug-likeness (QED) is 0.196. The molecule has 1 aliphatic heterocycles. The van der Waals surface area contributed by atoms with Gasteiger partial charge in [-0.15, -0.1) is 0 Å². The van der Waals surface area contributed by atoms with E-state index in [0.29, 0.717) is 0 Å². The zero-order valence-corrected chi connectivity index (χ0v) is 20.7. The summed E-state index contributed by atoms with van der Waals surface area (Å²) in [6, 6.07) is 0. The van der Waals surface area contributed by atoms with Crippen molar-refractivity contribution in [2.75, 3.05) is 0 Å². The van der Waals surface area contributed by atoms with Crippen LogP contribution in [-0.4, -0.2) is 45.4 Å². The van der Waals surface area contributed by atoms with Crippen molar-refractivity contribution in [1.82, 2.24) is 0 Å². The molecule has 188 valence electrons. The van der Waals surface area contributed by atoms with Crippen LogP contribution in [0.25, 0.3) is 0 Å². The Morgan fingerprint density at radius 1 is 1.03 bits per heavy atom. The van der Waals surface area contributed by atoms with Gasteiger partial charge in [0.25, 0.3) is 0 Å². The Labute approximate surface area is 198 Å². The summed E-state index contributed by atoms with van der Waals surface area (Å²) in [5, 5.41) is 20.1. The predicted molar refractivity (Wildman–Crippen MR) is 127 cm³/mol. The van der Waals surface area contributed by atoms with Crippen LogP contribution in [0.2, 0.25) is 0 Å². The second-order valence-corrected chi connectivity index (χ2v) is 9.79. The molecule has 0 unspecified atom stereocenters. The van der Waals surface area contributed by atoms with Crippen molar-refractivity contribution in [1.29, 1.82) is 0 Å². The second-order valence-electron chi connectivity index (χ2n) is 9.79. The molecule has 1 aliphatic rings. The Morgan fingerprint density at radius 2 is 1.64 bits per heavy atom. The summed E-state index contributed by atoms with van der Waals surface area (Å²) >= 11 is 0. The van der Waals surface area contributed by atoms with E-state index in [9.17, 15) is 24.6 Å². The normalized spacial score (nSPS) is 20.8. The van der Waals surface area contributed by atoms with Crippen molar-refractivity contribution in [3.05, 3.63) is 24.3 Å². The van der Waals surface area contributed by atoms with E-state index in [-0.39, 0.29) is 6.42 Å². The first-order valence-corrected chi connectivity index (χ1v) is 12.2. The summed E-state index contributed by atoms with van der Waals surface area (Å²) in [7, 11) is 0. The number of carboxylic acids is 1. The van der Waals surface area contributed by atoms with Crippen LogP contribution < -0.4 is 0 Å². The number of aliphatic carboxylic acids is 1. The van der Waals surface area contributed by atoms with Gasteiger partial charge in [0, 0.05) is 6.42 Å². The molecule has 0 bridgehead atoms. The van der Waals surface area contributed by atoms with Gasteiger partial charge in [-0.25, -0.2) is 4.79 Å². The van der Waals surface area contributed by atoms with E-state index in [4.69, 9.17) is 9.47 Å². The Bertz CT molecular complexity index is 689. The third-order valence-corrected chi connectivity index (χ3v) is 5.51. The lowest BCUT2D eigenvalue weighted by molar-refractivity contribution is -0.190. The molecule has 3 atom stereocenters. The van der Waals surface area contributed by atoms with Gasteiger partial charge in [-0.1, -0.05) is 57.3 Å². The van der Waals surface area contributed by atoms with E-state index in [1.54, 1.807) is 26.8 Å². The zero-order valence-electron chi connectivity index (χ0n) is 20.7. The molecule has 1 heterocycles. The number of allylic oxidation sites excluding steroid dienone is 3. The summed E-state index contributed by atoms with van der Waals surface area (Å²) in [5.41, 5.74) is -3.41. The van der Waals surface area contributed by atoms with E-state index in [0.717, 1.165) is 19.3 Å². The number of cyclic esters (lactones) is 1. The summed E-state index contributed by atoms with van der Waals surface area (Å²) in [5.74, 6) is -4.62. The maximum absolute atomic E-state index is 12.6. The minimum atomic E-state index is -2.47. The van der Waals surface area contributed by atoms with Crippen molar-refractivity contribution >= 4 is 17.9 Å². The number of hydrogen-bond donors (Lipinski definition) is 2. The fourth-order valence-corrected chi connectivity index (χ4v) is 3.77. The van der Waals surface area contributed by atoms with Crippen LogP contribution >= 0.6 is 0 Å². The zero-order chi connectivity index (χ0) is 24.9. The third-order valence-electron chi connectivity index (χ3n) is 5.51. The molecule has 0 saturated carbocycles. The van der Waals surface area contributed by atoms with E-state index in [1.807, 2.05) is 6.08 Å². The lowest BCUT2D eigenvalue weighted by Crippen LogP contribution is -2.52. The van der Waals surface area contributed by atoms with Gasteiger partial charge < -0.3 is 19.7 Å². The van der Waals surface area contributed by atoms with Crippen molar-refractivity contribution in [2.24, 2.45) is 5.92 Å². The third kappa shape index (κ3) is 11.0. The monoisotopic (exact) mass is 466 g/mol. The maximum atomic E-state index is 12.6. The minimum absolute atomic E-state index is 0.0201. The fraction of sp³-hybridized carbons (Fsp3) is 0.731. The molecule has 0 aromatic carbocycles. The van der Waals surface area contributed by atoms with Gasteiger partial charge in [-0.3, -0.25) is 9.59 Å². The molecule has 0 spiro atoms. The van der Waals surface area contributed by atoms with E-state index in [1.165, 1.54) is 38.5 Å². The summed E-state index contributed by atoms with van der Waals surface area (Å²) in [6.07, 6.45) is 16.9. The number of rotatable bonds is 15. The number of aliphatic hydroxyl groups is 1. The first-order valence-electron chi connectivity index (χ1n) is 12.2. The molecule has 1 fully saturated rings. The van der Waals surface area contributed by atoms with Gasteiger partial charge >= 0.3 is 17.9 Å². The van der Waals surface area contributed by atoms with Gasteiger partial charge in [-0.2, -0.15) is 0 Å². The number of hydrogen-bond acceptors (Lipinski definition) is 6. The minimum Gasteiger partial charge on any atom is -0.481 e. The molecular formula is C26H42O7. The average molecular weight is 467 g/mol. The van der Waals surface area contributed by atoms with Crippen LogP contribution in [0.4, 0.5) is 0 Å². The molecule has 0 aliphatic carbocycles. The van der Waals surface area contributed by atoms with Gasteiger partial charge in [0.1, 0.15) is 17.6 Å². The first kappa shape index (κ1) is 28.9. The molecule has 33 heavy (non-hydrogen) atoms. The predicted octanol–water partition coefficient (Wildman–Crippen LogP) is 5.11. The van der Waals surface area contributed by atoms with Gasteiger partial charge in [0.15, 0.2) is 5.60 Å². The number of unbranched alkanes of at least 4 members (excludes halogenated alkanes) is 7. The second kappa shape index (κ2) is 14.2. The van der Waals surface area contributed by atoms with Crippen LogP contribution in [0, 0.1) is 5.92 Å². The van der Waals surface area contributed by atoms with Crippen LogP contribution in [0.5, 0.6) is 0 Å². The standard InChI is InChI=1S/C26H42O7/c1-5-6-7-8-9-10-11-12-13-14-15-16-17-20-18-21(23(29)32-20)26(31,19-22(27)28)24(30)33-25(2,3)4/h12-13,16-17,20-21,31H,5-11,14-15,18-19H2,1-4H3,(H,27,28)/b13-12-,17-16+/t20-,21-,26+/m0/s1. The molecule has 2 N–H and O–H groups in total. The van der Waals surface area contributed by atoms with Crippen molar-refractivity contribution in [2.45, 2.75) is 116 Å². The Kier molecular flexibility index (Phi) is 12.4. The Balaban J connectivity index is 2.51. The Morgan fingerprint density at radius 3 is 2.27 bits per heavy atom. The van der Waals surface area contributed by atoms with Gasteiger partial charge in [0.2, 0.25) is 0 Å². The van der Waals surface area contributed by atoms with Crippen LogP contribution in [0.3, 0.4) is 0 Å². The molecule has 0 radical (unpaired) electrons. The van der Waals surface area contributed by atoms with Gasteiger partial charge in [0.05, 0.1) is 6.42 Å². The average Bonchev–Trinajstić information content (AvgIpc) is 3.08. The molecule has 1 saturated heterocycles.